The molecule has 0 amide bonds. The first-order valence-corrected chi connectivity index (χ1v) is 8.50. The topological polar surface area (TPSA) is 30.0 Å². The van der Waals surface area contributed by atoms with Gasteiger partial charge >= 0.3 is 0 Å². The smallest absolute Gasteiger partial charge is 0.152 e. The minimum atomic E-state index is -0.246. The molecule has 1 fully saturated rings. The summed E-state index contributed by atoms with van der Waals surface area (Å²) >= 11 is 0. The Hall–Kier alpha value is -0.490. The Bertz CT molecular complexity index is 322. The first-order valence-electron chi connectivity index (χ1n) is 8.50. The molecule has 0 N–H and O–H groups in total. The van der Waals surface area contributed by atoms with Crippen LogP contribution < -0.4 is 0 Å². The van der Waals surface area contributed by atoms with E-state index in [2.05, 4.69) is 40.7 Å². The maximum absolute atomic E-state index is 12.3. The van der Waals surface area contributed by atoms with Crippen LogP contribution in [-0.2, 0) is 4.79 Å². The SMILES string of the molecule is CN1CCN(C)CCN(CC(=O)C(C)(C)C)CCN(C)CC1. The van der Waals surface area contributed by atoms with E-state index in [0.29, 0.717) is 12.3 Å². The maximum Gasteiger partial charge on any atom is 0.152 e. The number of carbonyl (C=O) groups excluding carboxylic acids is 1. The van der Waals surface area contributed by atoms with Gasteiger partial charge in [0.05, 0.1) is 6.54 Å². The molecule has 0 aromatic heterocycles. The van der Waals surface area contributed by atoms with Crippen molar-refractivity contribution in [2.75, 3.05) is 80.0 Å². The van der Waals surface area contributed by atoms with E-state index in [1.807, 2.05) is 20.8 Å². The second kappa shape index (κ2) is 8.96. The Kier molecular flexibility index (Phi) is 7.97. The third-order valence-electron chi connectivity index (χ3n) is 4.53. The standard InChI is InChI=1S/C17H36N4O/c1-17(2,3)16(22)15-21-13-11-19(5)9-7-18(4)8-10-20(6)12-14-21/h7-15H2,1-6H3. The summed E-state index contributed by atoms with van der Waals surface area (Å²) in [6, 6.07) is 0. The summed E-state index contributed by atoms with van der Waals surface area (Å²) in [6.45, 7) is 15.0. The van der Waals surface area contributed by atoms with Crippen LogP contribution in [-0.4, -0.2) is 105 Å². The van der Waals surface area contributed by atoms with Crippen molar-refractivity contribution in [3.05, 3.63) is 0 Å². The number of likely N-dealkylation sites (N-methyl/N-ethyl adjacent to an activating group) is 3. The van der Waals surface area contributed by atoms with E-state index in [4.69, 9.17) is 0 Å². The largest absolute Gasteiger partial charge is 0.304 e. The monoisotopic (exact) mass is 312 g/mol. The number of nitrogens with zero attached hydrogens (tertiary/aromatic N) is 4. The van der Waals surface area contributed by atoms with Crippen molar-refractivity contribution in [1.29, 1.82) is 0 Å². The summed E-state index contributed by atoms with van der Waals surface area (Å²) in [5, 5.41) is 0. The second-order valence-electron chi connectivity index (χ2n) is 7.86. The summed E-state index contributed by atoms with van der Waals surface area (Å²) in [6.07, 6.45) is 0. The average molecular weight is 313 g/mol. The Balaban J connectivity index is 2.61. The number of hydrogen-bond donors (Lipinski definition) is 0. The molecular formula is C17H36N4O. The fourth-order valence-electron chi connectivity index (χ4n) is 2.35. The molecule has 1 aliphatic rings. The quantitative estimate of drug-likeness (QED) is 0.749. The van der Waals surface area contributed by atoms with Gasteiger partial charge in [-0.05, 0) is 21.1 Å². The Morgan fingerprint density at radius 3 is 1.36 bits per heavy atom. The van der Waals surface area contributed by atoms with E-state index in [9.17, 15) is 4.79 Å². The minimum Gasteiger partial charge on any atom is -0.304 e. The van der Waals surface area contributed by atoms with Crippen LogP contribution >= 0.6 is 0 Å². The summed E-state index contributed by atoms with van der Waals surface area (Å²) < 4.78 is 0. The molecule has 22 heavy (non-hydrogen) atoms. The van der Waals surface area contributed by atoms with Crippen LogP contribution in [0, 0.1) is 5.41 Å². The molecule has 1 heterocycles. The molecule has 0 atom stereocenters. The molecule has 0 unspecified atom stereocenters. The molecule has 130 valence electrons. The molecule has 0 aromatic rings. The van der Waals surface area contributed by atoms with Crippen LogP contribution in [0.5, 0.6) is 0 Å². The normalized spacial score (nSPS) is 23.0. The molecule has 1 saturated heterocycles. The lowest BCUT2D eigenvalue weighted by atomic mass is 9.90. The molecule has 0 bridgehead atoms. The second-order valence-corrected chi connectivity index (χ2v) is 7.86. The zero-order chi connectivity index (χ0) is 16.8. The highest BCUT2D eigenvalue weighted by Crippen LogP contribution is 2.15. The lowest BCUT2D eigenvalue weighted by Crippen LogP contribution is -2.45. The van der Waals surface area contributed by atoms with Crippen molar-refractivity contribution < 1.29 is 4.79 Å². The van der Waals surface area contributed by atoms with Crippen molar-refractivity contribution in [3.8, 4) is 0 Å². The van der Waals surface area contributed by atoms with Crippen molar-refractivity contribution in [2.45, 2.75) is 20.8 Å². The van der Waals surface area contributed by atoms with Gasteiger partial charge in [0.15, 0.2) is 5.78 Å². The van der Waals surface area contributed by atoms with Gasteiger partial charge in [-0.3, -0.25) is 9.69 Å². The zero-order valence-electron chi connectivity index (χ0n) is 15.6. The van der Waals surface area contributed by atoms with Crippen LogP contribution in [0.1, 0.15) is 20.8 Å². The first-order chi connectivity index (χ1) is 10.2. The van der Waals surface area contributed by atoms with Crippen LogP contribution in [0.3, 0.4) is 0 Å². The number of rotatable bonds is 2. The highest BCUT2D eigenvalue weighted by atomic mass is 16.1. The lowest BCUT2D eigenvalue weighted by molar-refractivity contribution is -0.127. The molecule has 1 rings (SSSR count). The van der Waals surface area contributed by atoms with Gasteiger partial charge in [0, 0.05) is 57.8 Å². The van der Waals surface area contributed by atoms with E-state index < -0.39 is 0 Å². The zero-order valence-corrected chi connectivity index (χ0v) is 15.6. The molecule has 1 aliphatic heterocycles. The van der Waals surface area contributed by atoms with Gasteiger partial charge in [0.25, 0.3) is 0 Å². The minimum absolute atomic E-state index is 0.246. The van der Waals surface area contributed by atoms with Gasteiger partial charge in [-0.25, -0.2) is 0 Å². The molecular weight excluding hydrogens is 276 g/mol. The lowest BCUT2D eigenvalue weighted by Gasteiger charge is -2.31. The van der Waals surface area contributed by atoms with Gasteiger partial charge in [-0.15, -0.1) is 0 Å². The van der Waals surface area contributed by atoms with Crippen LogP contribution in [0.15, 0.2) is 0 Å². The molecule has 0 spiro atoms. The summed E-state index contributed by atoms with van der Waals surface area (Å²) in [5.74, 6) is 0.338. The summed E-state index contributed by atoms with van der Waals surface area (Å²) in [7, 11) is 6.55. The maximum atomic E-state index is 12.3. The van der Waals surface area contributed by atoms with E-state index in [1.165, 1.54) is 0 Å². The van der Waals surface area contributed by atoms with E-state index in [0.717, 1.165) is 52.4 Å². The molecule has 5 heteroatoms. The molecule has 0 aromatic carbocycles. The van der Waals surface area contributed by atoms with Crippen molar-refractivity contribution >= 4 is 5.78 Å². The predicted molar refractivity (Wildman–Crippen MR) is 93.4 cm³/mol. The van der Waals surface area contributed by atoms with Crippen LogP contribution in [0.4, 0.5) is 0 Å². The third-order valence-corrected chi connectivity index (χ3v) is 4.53. The highest BCUT2D eigenvalue weighted by molar-refractivity contribution is 5.85. The van der Waals surface area contributed by atoms with Gasteiger partial charge in [0.1, 0.15) is 0 Å². The third kappa shape index (κ3) is 7.68. The van der Waals surface area contributed by atoms with Crippen LogP contribution in [0.2, 0.25) is 0 Å². The predicted octanol–water partition coefficient (Wildman–Crippen LogP) is 0.713. The van der Waals surface area contributed by atoms with Crippen molar-refractivity contribution in [2.24, 2.45) is 5.41 Å². The van der Waals surface area contributed by atoms with Crippen molar-refractivity contribution in [1.82, 2.24) is 19.6 Å². The number of hydrogen-bond acceptors (Lipinski definition) is 5. The molecule has 5 nitrogen and oxygen atoms in total. The molecule has 0 aliphatic carbocycles. The van der Waals surface area contributed by atoms with Gasteiger partial charge in [0.2, 0.25) is 0 Å². The number of Topliss-reactive ketones (excluding diaryl/α,β-unsaturated/α-hetero) is 1. The number of ketones is 1. The van der Waals surface area contributed by atoms with Gasteiger partial charge < -0.3 is 14.7 Å². The van der Waals surface area contributed by atoms with Gasteiger partial charge in [-0.2, -0.15) is 0 Å². The van der Waals surface area contributed by atoms with E-state index in [-0.39, 0.29) is 5.41 Å². The first kappa shape index (κ1) is 19.6. The van der Waals surface area contributed by atoms with Crippen LogP contribution in [0.25, 0.3) is 0 Å². The fourth-order valence-corrected chi connectivity index (χ4v) is 2.35. The molecule has 0 saturated carbocycles. The Labute approximate surface area is 137 Å². The van der Waals surface area contributed by atoms with Gasteiger partial charge in [-0.1, -0.05) is 20.8 Å². The Morgan fingerprint density at radius 1 is 0.727 bits per heavy atom. The Morgan fingerprint density at radius 2 is 1.05 bits per heavy atom. The average Bonchev–Trinajstić information content (AvgIpc) is 2.43. The molecule has 0 radical (unpaired) electrons. The highest BCUT2D eigenvalue weighted by Gasteiger charge is 2.23. The van der Waals surface area contributed by atoms with E-state index in [1.54, 1.807) is 0 Å². The number of carbonyl (C=O) groups is 1. The summed E-state index contributed by atoms with van der Waals surface area (Å²) in [5.41, 5.74) is -0.246. The summed E-state index contributed by atoms with van der Waals surface area (Å²) in [4.78, 5) is 21.8. The fraction of sp³-hybridized carbons (Fsp3) is 0.941. The van der Waals surface area contributed by atoms with E-state index >= 15 is 0 Å². The van der Waals surface area contributed by atoms with Crippen molar-refractivity contribution in [3.63, 3.8) is 0 Å².